The number of carboxylic acids is 1. The maximum Gasteiger partial charge on any atom is 0.303 e. The first-order chi connectivity index (χ1) is 17.4. The van der Waals surface area contributed by atoms with Crippen LogP contribution >= 0.6 is 11.8 Å². The molecule has 0 spiro atoms. The predicted molar refractivity (Wildman–Crippen MR) is 142 cm³/mol. The molecule has 2 aromatic rings. The molecule has 2 N–H and O–H groups in total. The van der Waals surface area contributed by atoms with Crippen molar-refractivity contribution in [1.82, 2.24) is 9.88 Å². The number of methoxy groups -OCH3 is 1. The molecule has 2 heterocycles. The topological polar surface area (TPSA) is 82.9 Å². The van der Waals surface area contributed by atoms with Crippen molar-refractivity contribution in [2.24, 2.45) is 11.8 Å². The Labute approximate surface area is 217 Å². The number of nitrogens with zero attached hydrogens (tertiary/aromatic N) is 2. The van der Waals surface area contributed by atoms with E-state index >= 15 is 0 Å². The van der Waals surface area contributed by atoms with Gasteiger partial charge in [0.1, 0.15) is 11.6 Å². The molecule has 8 heteroatoms. The third kappa shape index (κ3) is 7.11. The van der Waals surface area contributed by atoms with E-state index in [0.717, 1.165) is 43.3 Å². The van der Waals surface area contributed by atoms with Crippen LogP contribution in [-0.4, -0.2) is 63.8 Å². The van der Waals surface area contributed by atoms with E-state index in [-0.39, 0.29) is 23.8 Å². The number of hydrogen-bond donors (Lipinski definition) is 2. The van der Waals surface area contributed by atoms with Crippen molar-refractivity contribution >= 4 is 28.6 Å². The van der Waals surface area contributed by atoms with Gasteiger partial charge in [-0.1, -0.05) is 19.3 Å². The van der Waals surface area contributed by atoms with Gasteiger partial charge in [0, 0.05) is 41.5 Å². The quantitative estimate of drug-likeness (QED) is 0.396. The molecule has 1 aromatic heterocycles. The van der Waals surface area contributed by atoms with Gasteiger partial charge in [0.15, 0.2) is 0 Å². The van der Waals surface area contributed by atoms with Crippen molar-refractivity contribution < 1.29 is 24.1 Å². The van der Waals surface area contributed by atoms with Gasteiger partial charge in [0.25, 0.3) is 0 Å². The van der Waals surface area contributed by atoms with E-state index < -0.39 is 17.9 Å². The largest absolute Gasteiger partial charge is 0.497 e. The number of carboxylic acid groups (broad SMARTS) is 1. The van der Waals surface area contributed by atoms with Crippen molar-refractivity contribution in [3.8, 4) is 5.75 Å². The van der Waals surface area contributed by atoms with Gasteiger partial charge in [0.2, 0.25) is 0 Å². The van der Waals surface area contributed by atoms with Crippen LogP contribution in [0.25, 0.3) is 10.9 Å². The zero-order valence-corrected chi connectivity index (χ0v) is 22.0. The summed E-state index contributed by atoms with van der Waals surface area (Å²) in [5, 5.41) is 21.9. The molecule has 1 aliphatic heterocycles. The monoisotopic (exact) mass is 518 g/mol. The van der Waals surface area contributed by atoms with Crippen LogP contribution in [-0.2, 0) is 4.79 Å². The highest BCUT2D eigenvalue weighted by Gasteiger charge is 2.31. The molecule has 0 radical (unpaired) electrons. The van der Waals surface area contributed by atoms with E-state index in [1.165, 1.54) is 32.1 Å². The van der Waals surface area contributed by atoms with Crippen molar-refractivity contribution in [2.45, 2.75) is 69.1 Å². The number of thioether (sulfide) groups is 1. The summed E-state index contributed by atoms with van der Waals surface area (Å²) < 4.78 is 20.1. The lowest BCUT2D eigenvalue weighted by Gasteiger charge is -2.38. The van der Waals surface area contributed by atoms with Crippen molar-refractivity contribution in [3.05, 3.63) is 35.8 Å². The lowest BCUT2D eigenvalue weighted by atomic mass is 9.79. The Bertz CT molecular complexity index is 1020. The zero-order valence-electron chi connectivity index (χ0n) is 21.2. The van der Waals surface area contributed by atoms with E-state index in [1.807, 2.05) is 0 Å². The lowest BCUT2D eigenvalue weighted by molar-refractivity contribution is -0.139. The van der Waals surface area contributed by atoms with E-state index in [1.54, 1.807) is 25.3 Å². The first-order valence-corrected chi connectivity index (χ1v) is 14.4. The fourth-order valence-corrected chi connectivity index (χ4v) is 7.29. The van der Waals surface area contributed by atoms with Crippen molar-refractivity contribution in [2.75, 3.05) is 32.5 Å². The summed E-state index contributed by atoms with van der Waals surface area (Å²) >= 11 is 2.08. The van der Waals surface area contributed by atoms with Crippen molar-refractivity contribution in [1.29, 1.82) is 0 Å². The molecule has 1 aliphatic carbocycles. The fourth-order valence-electron chi connectivity index (χ4n) is 5.92. The Morgan fingerprint density at radius 2 is 2.06 bits per heavy atom. The number of carbonyl (C=O) groups is 1. The van der Waals surface area contributed by atoms with E-state index in [0.29, 0.717) is 29.5 Å². The molecule has 6 nitrogen and oxygen atoms in total. The molecular weight excluding hydrogens is 479 g/mol. The summed E-state index contributed by atoms with van der Waals surface area (Å²) in [6.07, 6.45) is 8.99. The molecule has 0 bridgehead atoms. The minimum atomic E-state index is -0.988. The van der Waals surface area contributed by atoms with Crippen LogP contribution < -0.4 is 4.74 Å². The summed E-state index contributed by atoms with van der Waals surface area (Å²) in [6, 6.07) is 5.23. The predicted octanol–water partition coefficient (Wildman–Crippen LogP) is 5.67. The number of halogens is 1. The number of pyridine rings is 1. The third-order valence-electron chi connectivity index (χ3n) is 7.94. The molecule has 198 valence electrons. The second-order valence-electron chi connectivity index (χ2n) is 10.3. The molecule has 1 saturated carbocycles. The number of benzene rings is 1. The minimum Gasteiger partial charge on any atom is -0.497 e. The average Bonchev–Trinajstić information content (AvgIpc) is 2.88. The van der Waals surface area contributed by atoms with Gasteiger partial charge in [-0.3, -0.25) is 9.78 Å². The lowest BCUT2D eigenvalue weighted by Crippen LogP contribution is -2.42. The second kappa shape index (κ2) is 13.1. The van der Waals surface area contributed by atoms with Crippen LogP contribution in [0.15, 0.2) is 24.4 Å². The van der Waals surface area contributed by atoms with Crippen LogP contribution in [0.4, 0.5) is 4.39 Å². The zero-order chi connectivity index (χ0) is 25.5. The van der Waals surface area contributed by atoms with Gasteiger partial charge in [-0.25, -0.2) is 4.39 Å². The molecule has 2 aliphatic rings. The maximum absolute atomic E-state index is 14.8. The van der Waals surface area contributed by atoms with Crippen LogP contribution in [0.5, 0.6) is 5.75 Å². The highest BCUT2D eigenvalue weighted by atomic mass is 32.2. The number of aliphatic carboxylic acids is 1. The van der Waals surface area contributed by atoms with Crippen LogP contribution in [0.3, 0.4) is 0 Å². The number of rotatable bonds is 11. The summed E-state index contributed by atoms with van der Waals surface area (Å²) in [7, 11) is 1.55. The van der Waals surface area contributed by atoms with Crippen molar-refractivity contribution in [3.63, 3.8) is 0 Å². The second-order valence-corrected chi connectivity index (χ2v) is 11.7. The standard InChI is InChI=1S/C28H39FN2O4S/c1-35-21-8-9-25-23(16-21)28(24(29)17-30-25)26(32)10-7-19-11-12-31(18-20(19)15-27(33)34)13-14-36-22-5-3-2-4-6-22/h8-9,16-17,19-20,22,26,32H,2-7,10-15,18H2,1H3,(H,33,34). The van der Waals surface area contributed by atoms with Gasteiger partial charge < -0.3 is 19.8 Å². The average molecular weight is 519 g/mol. The first kappa shape index (κ1) is 27.1. The molecule has 1 aromatic carbocycles. The van der Waals surface area contributed by atoms with Gasteiger partial charge in [-0.05, 0) is 68.7 Å². The summed E-state index contributed by atoms with van der Waals surface area (Å²) in [5.41, 5.74) is 0.847. The highest BCUT2D eigenvalue weighted by Crippen LogP contribution is 2.36. The molecule has 0 amide bonds. The summed E-state index contributed by atoms with van der Waals surface area (Å²) in [5.74, 6) is 0.619. The number of fused-ring (bicyclic) bond motifs is 1. The fraction of sp³-hybridized carbons (Fsp3) is 0.643. The summed E-state index contributed by atoms with van der Waals surface area (Å²) in [4.78, 5) is 18.2. The molecule has 36 heavy (non-hydrogen) atoms. The van der Waals surface area contributed by atoms with Gasteiger partial charge >= 0.3 is 5.97 Å². The Morgan fingerprint density at radius 3 is 2.81 bits per heavy atom. The Balaban J connectivity index is 1.35. The normalized spacial score (nSPS) is 22.5. The number of likely N-dealkylation sites (tertiary alicyclic amines) is 1. The smallest absolute Gasteiger partial charge is 0.303 e. The van der Waals surface area contributed by atoms with E-state index in [4.69, 9.17) is 4.74 Å². The number of ether oxygens (including phenoxy) is 1. The molecule has 2 fully saturated rings. The van der Waals surface area contributed by atoms with Crippen LogP contribution in [0, 0.1) is 17.7 Å². The SMILES string of the molecule is COc1ccc2ncc(F)c(C(O)CCC3CCN(CCSC4CCCCC4)CC3CC(=O)O)c2c1. The molecule has 3 atom stereocenters. The molecule has 1 saturated heterocycles. The number of aromatic nitrogens is 1. The first-order valence-electron chi connectivity index (χ1n) is 13.3. The maximum atomic E-state index is 14.8. The molecular formula is C28H39FN2O4S. The van der Waals surface area contributed by atoms with Gasteiger partial charge in [-0.15, -0.1) is 0 Å². The van der Waals surface area contributed by atoms with E-state index in [9.17, 15) is 19.4 Å². The third-order valence-corrected chi connectivity index (χ3v) is 9.30. The molecule has 4 rings (SSSR count). The Morgan fingerprint density at radius 1 is 1.25 bits per heavy atom. The van der Waals surface area contributed by atoms with Gasteiger partial charge in [0.05, 0.1) is 24.9 Å². The van der Waals surface area contributed by atoms with E-state index in [2.05, 4.69) is 21.6 Å². The Kier molecular flexibility index (Phi) is 9.85. The molecule has 3 unspecified atom stereocenters. The number of aliphatic hydroxyl groups is 1. The Hall–Kier alpha value is -1.90. The number of piperidine rings is 1. The summed E-state index contributed by atoms with van der Waals surface area (Å²) in [6.45, 7) is 2.73. The van der Waals surface area contributed by atoms with Crippen LogP contribution in [0.2, 0.25) is 0 Å². The van der Waals surface area contributed by atoms with Gasteiger partial charge in [-0.2, -0.15) is 11.8 Å². The number of hydrogen-bond acceptors (Lipinski definition) is 6. The minimum absolute atomic E-state index is 0.0438. The highest BCUT2D eigenvalue weighted by molar-refractivity contribution is 7.99. The number of aliphatic hydroxyl groups excluding tert-OH is 1. The van der Waals surface area contributed by atoms with Crippen LogP contribution in [0.1, 0.15) is 69.5 Å².